The van der Waals surface area contributed by atoms with Crippen LogP contribution in [0.5, 0.6) is 5.75 Å². The number of carbonyl (C=O) groups excluding carboxylic acids is 1. The van der Waals surface area contributed by atoms with E-state index in [1.807, 2.05) is 6.07 Å². The summed E-state index contributed by atoms with van der Waals surface area (Å²) in [5.74, 6) is -0.921. The summed E-state index contributed by atoms with van der Waals surface area (Å²) < 4.78 is 5.08. The Morgan fingerprint density at radius 1 is 1.53 bits per heavy atom. The van der Waals surface area contributed by atoms with E-state index in [1.54, 1.807) is 25.3 Å². The van der Waals surface area contributed by atoms with Crippen LogP contribution in [0, 0.1) is 0 Å². The molecule has 90 valence electrons. The van der Waals surface area contributed by atoms with Crippen LogP contribution in [-0.2, 0) is 9.59 Å². The van der Waals surface area contributed by atoms with Gasteiger partial charge in [-0.3, -0.25) is 4.79 Å². The minimum Gasteiger partial charge on any atom is -0.497 e. The van der Waals surface area contributed by atoms with Crippen LogP contribution in [0.25, 0.3) is 0 Å². The van der Waals surface area contributed by atoms with Gasteiger partial charge >= 0.3 is 5.97 Å². The zero-order chi connectivity index (χ0) is 12.4. The second-order valence-corrected chi connectivity index (χ2v) is 3.97. The van der Waals surface area contributed by atoms with Crippen molar-refractivity contribution in [3.05, 3.63) is 29.8 Å². The first-order chi connectivity index (χ1) is 8.11. The molecule has 1 aliphatic rings. The minimum atomic E-state index is -1.01. The quantitative estimate of drug-likeness (QED) is 0.810. The molecule has 2 atom stereocenters. The first kappa shape index (κ1) is 11.4. The fourth-order valence-corrected chi connectivity index (χ4v) is 2.07. The molecule has 0 unspecified atom stereocenters. The molecule has 1 aliphatic heterocycles. The van der Waals surface area contributed by atoms with E-state index in [0.29, 0.717) is 5.75 Å². The summed E-state index contributed by atoms with van der Waals surface area (Å²) in [6, 6.07) is 6.29. The van der Waals surface area contributed by atoms with Crippen molar-refractivity contribution in [2.75, 3.05) is 7.11 Å². The third-order valence-corrected chi connectivity index (χ3v) is 2.91. The molecule has 1 fully saturated rings. The van der Waals surface area contributed by atoms with Gasteiger partial charge in [-0.05, 0) is 17.7 Å². The summed E-state index contributed by atoms with van der Waals surface area (Å²) in [4.78, 5) is 22.3. The van der Waals surface area contributed by atoms with Gasteiger partial charge in [-0.25, -0.2) is 4.79 Å². The van der Waals surface area contributed by atoms with Gasteiger partial charge in [0.05, 0.1) is 7.11 Å². The molecule has 5 nitrogen and oxygen atoms in total. The first-order valence-corrected chi connectivity index (χ1v) is 5.28. The lowest BCUT2D eigenvalue weighted by Crippen LogP contribution is -2.36. The molecule has 2 N–H and O–H groups in total. The monoisotopic (exact) mass is 235 g/mol. The Morgan fingerprint density at radius 2 is 2.29 bits per heavy atom. The molecule has 17 heavy (non-hydrogen) atoms. The number of aliphatic carboxylic acids is 1. The molecule has 1 saturated heterocycles. The van der Waals surface area contributed by atoms with Crippen molar-refractivity contribution in [1.29, 1.82) is 0 Å². The molecule has 1 amide bonds. The lowest BCUT2D eigenvalue weighted by Gasteiger charge is -2.15. The number of hydrogen-bond acceptors (Lipinski definition) is 3. The Hall–Kier alpha value is -2.04. The maximum absolute atomic E-state index is 11.3. The Bertz CT molecular complexity index is 458. The lowest BCUT2D eigenvalue weighted by molar-refractivity contribution is -0.140. The van der Waals surface area contributed by atoms with E-state index in [0.717, 1.165) is 5.56 Å². The number of hydrogen-bond donors (Lipinski definition) is 2. The molecule has 2 rings (SSSR count). The van der Waals surface area contributed by atoms with Crippen LogP contribution in [0.2, 0.25) is 0 Å². The molecule has 0 radical (unpaired) electrons. The molecule has 0 aromatic heterocycles. The number of amides is 1. The van der Waals surface area contributed by atoms with Crippen molar-refractivity contribution >= 4 is 11.9 Å². The molecular formula is C12H13NO4. The van der Waals surface area contributed by atoms with Crippen molar-refractivity contribution in [3.63, 3.8) is 0 Å². The smallest absolute Gasteiger partial charge is 0.326 e. The number of nitrogens with one attached hydrogen (secondary N) is 1. The predicted octanol–water partition coefficient (Wildman–Crippen LogP) is 0.752. The number of methoxy groups -OCH3 is 1. The molecule has 1 aromatic rings. The van der Waals surface area contributed by atoms with E-state index in [2.05, 4.69) is 5.32 Å². The van der Waals surface area contributed by atoms with Crippen LogP contribution in [0.4, 0.5) is 0 Å². The number of rotatable bonds is 3. The summed E-state index contributed by atoms with van der Waals surface area (Å²) in [5.41, 5.74) is 0.801. The highest BCUT2D eigenvalue weighted by Gasteiger charge is 2.38. The van der Waals surface area contributed by atoms with Crippen LogP contribution in [-0.4, -0.2) is 30.1 Å². The van der Waals surface area contributed by atoms with Crippen molar-refractivity contribution in [2.45, 2.75) is 18.4 Å². The van der Waals surface area contributed by atoms with Gasteiger partial charge in [-0.15, -0.1) is 0 Å². The third kappa shape index (κ3) is 2.22. The maximum atomic E-state index is 11.3. The standard InChI is InChI=1S/C12H13NO4/c1-17-8-4-2-3-7(5-8)9-6-10(14)13-11(9)12(15)16/h2-5,9,11H,6H2,1H3,(H,13,14)(H,15,16)/t9-,11+/m0/s1. The minimum absolute atomic E-state index is 0.199. The van der Waals surface area contributed by atoms with Crippen LogP contribution >= 0.6 is 0 Å². The topological polar surface area (TPSA) is 75.6 Å². The Labute approximate surface area is 98.4 Å². The van der Waals surface area contributed by atoms with Crippen LogP contribution in [0.1, 0.15) is 17.9 Å². The van der Waals surface area contributed by atoms with E-state index >= 15 is 0 Å². The Balaban J connectivity index is 2.31. The highest BCUT2D eigenvalue weighted by atomic mass is 16.5. The summed E-state index contributed by atoms with van der Waals surface area (Å²) in [5, 5.41) is 11.5. The fraction of sp³-hybridized carbons (Fsp3) is 0.333. The predicted molar refractivity (Wildman–Crippen MR) is 59.9 cm³/mol. The van der Waals surface area contributed by atoms with Gasteiger partial charge in [0.15, 0.2) is 0 Å². The average molecular weight is 235 g/mol. The molecule has 0 saturated carbocycles. The number of ether oxygens (including phenoxy) is 1. The first-order valence-electron chi connectivity index (χ1n) is 5.28. The summed E-state index contributed by atoms with van der Waals surface area (Å²) in [6.45, 7) is 0. The highest BCUT2D eigenvalue weighted by molar-refractivity contribution is 5.89. The van der Waals surface area contributed by atoms with Gasteiger partial charge in [-0.2, -0.15) is 0 Å². The van der Waals surface area contributed by atoms with Gasteiger partial charge in [-0.1, -0.05) is 12.1 Å². The SMILES string of the molecule is COc1cccc([C@@H]2CC(=O)N[C@H]2C(=O)O)c1. The third-order valence-electron chi connectivity index (χ3n) is 2.91. The van der Waals surface area contributed by atoms with E-state index in [4.69, 9.17) is 9.84 Å². The van der Waals surface area contributed by atoms with Gasteiger partial charge in [0.1, 0.15) is 11.8 Å². The largest absolute Gasteiger partial charge is 0.497 e. The zero-order valence-electron chi connectivity index (χ0n) is 9.34. The van der Waals surface area contributed by atoms with Crippen LogP contribution in [0.15, 0.2) is 24.3 Å². The summed E-state index contributed by atoms with van der Waals surface area (Å²) in [6.07, 6.45) is 0.199. The van der Waals surface area contributed by atoms with Crippen molar-refractivity contribution in [2.24, 2.45) is 0 Å². The van der Waals surface area contributed by atoms with Crippen LogP contribution in [0.3, 0.4) is 0 Å². The van der Waals surface area contributed by atoms with E-state index < -0.39 is 12.0 Å². The highest BCUT2D eigenvalue weighted by Crippen LogP contribution is 2.30. The average Bonchev–Trinajstić information content (AvgIpc) is 2.72. The summed E-state index contributed by atoms with van der Waals surface area (Å²) >= 11 is 0. The van der Waals surface area contributed by atoms with Crippen molar-refractivity contribution in [1.82, 2.24) is 5.32 Å². The van der Waals surface area contributed by atoms with Crippen LogP contribution < -0.4 is 10.1 Å². The number of carbonyl (C=O) groups is 2. The van der Waals surface area contributed by atoms with Crippen molar-refractivity contribution < 1.29 is 19.4 Å². The van der Waals surface area contributed by atoms with Gasteiger partial charge in [0.2, 0.25) is 5.91 Å². The number of benzene rings is 1. The second-order valence-electron chi connectivity index (χ2n) is 3.97. The van der Waals surface area contributed by atoms with Crippen molar-refractivity contribution in [3.8, 4) is 5.75 Å². The molecule has 0 spiro atoms. The Kier molecular flexibility index (Phi) is 2.99. The Morgan fingerprint density at radius 3 is 2.94 bits per heavy atom. The molecule has 1 heterocycles. The molecule has 0 bridgehead atoms. The molecule has 0 aliphatic carbocycles. The normalized spacial score (nSPS) is 23.2. The summed E-state index contributed by atoms with van der Waals surface area (Å²) in [7, 11) is 1.55. The van der Waals surface area contributed by atoms with Gasteiger partial charge in [0, 0.05) is 12.3 Å². The van der Waals surface area contributed by atoms with E-state index in [9.17, 15) is 9.59 Å². The van der Waals surface area contributed by atoms with E-state index in [-0.39, 0.29) is 18.2 Å². The number of carboxylic acid groups (broad SMARTS) is 1. The maximum Gasteiger partial charge on any atom is 0.326 e. The molecular weight excluding hydrogens is 222 g/mol. The lowest BCUT2D eigenvalue weighted by atomic mass is 9.92. The van der Waals surface area contributed by atoms with Gasteiger partial charge < -0.3 is 15.2 Å². The number of carboxylic acids is 1. The zero-order valence-corrected chi connectivity index (χ0v) is 9.34. The van der Waals surface area contributed by atoms with E-state index in [1.165, 1.54) is 0 Å². The second kappa shape index (κ2) is 4.45. The molecule has 1 aromatic carbocycles. The molecule has 5 heteroatoms. The fourth-order valence-electron chi connectivity index (χ4n) is 2.07. The van der Waals surface area contributed by atoms with Gasteiger partial charge in [0.25, 0.3) is 0 Å².